The SMILES string of the molecule is CC1CCNC(C)C1NC(=O)c1sccc1Cl.Cl. The Balaban J connectivity index is 0.00000162. The van der Waals surface area contributed by atoms with Gasteiger partial charge in [-0.1, -0.05) is 18.5 Å². The van der Waals surface area contributed by atoms with Crippen LogP contribution in [0, 0.1) is 5.92 Å². The molecule has 0 bridgehead atoms. The molecular formula is C12H18Cl2N2OS. The Kier molecular flexibility index (Phi) is 5.92. The van der Waals surface area contributed by atoms with Gasteiger partial charge in [-0.3, -0.25) is 4.79 Å². The van der Waals surface area contributed by atoms with E-state index in [1.165, 1.54) is 11.3 Å². The van der Waals surface area contributed by atoms with Crippen molar-refractivity contribution < 1.29 is 4.79 Å². The summed E-state index contributed by atoms with van der Waals surface area (Å²) < 4.78 is 0. The van der Waals surface area contributed by atoms with Crippen LogP contribution in [0.1, 0.15) is 29.9 Å². The predicted octanol–water partition coefficient (Wildman–Crippen LogP) is 2.94. The largest absolute Gasteiger partial charge is 0.347 e. The number of amides is 1. The first-order valence-electron chi connectivity index (χ1n) is 5.87. The molecule has 18 heavy (non-hydrogen) atoms. The number of carbonyl (C=O) groups is 1. The van der Waals surface area contributed by atoms with Gasteiger partial charge in [0, 0.05) is 12.1 Å². The van der Waals surface area contributed by atoms with Crippen molar-refractivity contribution >= 4 is 41.3 Å². The molecule has 2 heterocycles. The predicted molar refractivity (Wildman–Crippen MR) is 79.1 cm³/mol. The fourth-order valence-electron chi connectivity index (χ4n) is 2.28. The van der Waals surface area contributed by atoms with Crippen LogP contribution < -0.4 is 10.6 Å². The van der Waals surface area contributed by atoms with Gasteiger partial charge in [-0.2, -0.15) is 0 Å². The summed E-state index contributed by atoms with van der Waals surface area (Å²) in [5.74, 6) is 0.436. The van der Waals surface area contributed by atoms with E-state index >= 15 is 0 Å². The molecule has 1 aromatic rings. The van der Waals surface area contributed by atoms with Crippen LogP contribution >= 0.6 is 35.3 Å². The van der Waals surface area contributed by atoms with Crippen molar-refractivity contribution in [2.75, 3.05) is 6.54 Å². The zero-order chi connectivity index (χ0) is 12.4. The van der Waals surface area contributed by atoms with Gasteiger partial charge in [0.1, 0.15) is 4.88 Å². The molecule has 0 aromatic carbocycles. The lowest BCUT2D eigenvalue weighted by atomic mass is 9.89. The summed E-state index contributed by atoms with van der Waals surface area (Å²) in [4.78, 5) is 12.7. The Morgan fingerprint density at radius 1 is 1.56 bits per heavy atom. The summed E-state index contributed by atoms with van der Waals surface area (Å²) >= 11 is 7.34. The van der Waals surface area contributed by atoms with Crippen molar-refractivity contribution in [3.63, 3.8) is 0 Å². The minimum Gasteiger partial charge on any atom is -0.347 e. The zero-order valence-electron chi connectivity index (χ0n) is 10.4. The van der Waals surface area contributed by atoms with Gasteiger partial charge in [0.05, 0.1) is 5.02 Å². The number of carbonyl (C=O) groups excluding carboxylic acids is 1. The van der Waals surface area contributed by atoms with E-state index < -0.39 is 0 Å². The number of hydrogen-bond donors (Lipinski definition) is 2. The van der Waals surface area contributed by atoms with Crippen LogP contribution in [0.4, 0.5) is 0 Å². The molecule has 0 spiro atoms. The highest BCUT2D eigenvalue weighted by molar-refractivity contribution is 7.12. The molecule has 0 radical (unpaired) electrons. The molecule has 3 nitrogen and oxygen atoms in total. The van der Waals surface area contributed by atoms with E-state index in [1.54, 1.807) is 6.07 Å². The Morgan fingerprint density at radius 2 is 2.28 bits per heavy atom. The molecule has 0 aliphatic carbocycles. The van der Waals surface area contributed by atoms with Crippen molar-refractivity contribution in [1.82, 2.24) is 10.6 Å². The zero-order valence-corrected chi connectivity index (χ0v) is 12.8. The van der Waals surface area contributed by atoms with Crippen LogP contribution in [0.5, 0.6) is 0 Å². The number of halogens is 2. The van der Waals surface area contributed by atoms with E-state index in [9.17, 15) is 4.79 Å². The van der Waals surface area contributed by atoms with Crippen LogP contribution in [0.15, 0.2) is 11.4 Å². The van der Waals surface area contributed by atoms with E-state index in [4.69, 9.17) is 11.6 Å². The average Bonchev–Trinajstić information content (AvgIpc) is 2.70. The van der Waals surface area contributed by atoms with E-state index in [-0.39, 0.29) is 24.4 Å². The molecule has 2 rings (SSSR count). The summed E-state index contributed by atoms with van der Waals surface area (Å²) in [5, 5.41) is 8.84. The third kappa shape index (κ3) is 3.38. The van der Waals surface area contributed by atoms with Crippen LogP contribution in [0.2, 0.25) is 5.02 Å². The number of hydrogen-bond acceptors (Lipinski definition) is 3. The second kappa shape index (κ2) is 6.75. The molecule has 2 N–H and O–H groups in total. The van der Waals surface area contributed by atoms with Crippen LogP contribution in [0.3, 0.4) is 0 Å². The lowest BCUT2D eigenvalue weighted by Crippen LogP contribution is -2.55. The van der Waals surface area contributed by atoms with Gasteiger partial charge in [-0.05, 0) is 37.3 Å². The van der Waals surface area contributed by atoms with Crippen molar-refractivity contribution in [3.8, 4) is 0 Å². The third-order valence-corrected chi connectivity index (χ3v) is 4.68. The number of piperidine rings is 1. The van der Waals surface area contributed by atoms with Gasteiger partial charge in [-0.15, -0.1) is 23.7 Å². The van der Waals surface area contributed by atoms with Crippen molar-refractivity contribution in [3.05, 3.63) is 21.3 Å². The summed E-state index contributed by atoms with van der Waals surface area (Å²) in [6, 6.07) is 2.24. The second-order valence-corrected chi connectivity index (χ2v) is 5.93. The molecule has 1 aliphatic rings. The Morgan fingerprint density at radius 3 is 2.83 bits per heavy atom. The van der Waals surface area contributed by atoms with Crippen molar-refractivity contribution in [1.29, 1.82) is 0 Å². The fraction of sp³-hybridized carbons (Fsp3) is 0.583. The van der Waals surface area contributed by atoms with Gasteiger partial charge >= 0.3 is 0 Å². The first kappa shape index (κ1) is 15.8. The molecule has 1 amide bonds. The lowest BCUT2D eigenvalue weighted by molar-refractivity contribution is 0.0902. The van der Waals surface area contributed by atoms with Crippen LogP contribution in [0.25, 0.3) is 0 Å². The maximum atomic E-state index is 12.1. The molecule has 6 heteroatoms. The molecule has 102 valence electrons. The van der Waals surface area contributed by atoms with Crippen LogP contribution in [-0.4, -0.2) is 24.5 Å². The highest BCUT2D eigenvalue weighted by Crippen LogP contribution is 2.23. The van der Waals surface area contributed by atoms with E-state index in [2.05, 4.69) is 24.5 Å². The molecule has 1 aliphatic heterocycles. The second-order valence-electron chi connectivity index (χ2n) is 4.61. The molecule has 3 unspecified atom stereocenters. The first-order chi connectivity index (χ1) is 8.09. The monoisotopic (exact) mass is 308 g/mol. The molecule has 1 aromatic heterocycles. The number of thiophene rings is 1. The quantitative estimate of drug-likeness (QED) is 0.882. The van der Waals surface area contributed by atoms with Crippen LogP contribution in [-0.2, 0) is 0 Å². The lowest BCUT2D eigenvalue weighted by Gasteiger charge is -2.35. The topological polar surface area (TPSA) is 41.1 Å². The first-order valence-corrected chi connectivity index (χ1v) is 7.12. The standard InChI is InChI=1S/C12H17ClN2OS.ClH/c1-7-3-5-14-8(2)10(7)15-12(16)11-9(13)4-6-17-11;/h4,6-8,10,14H,3,5H2,1-2H3,(H,15,16);1H. The summed E-state index contributed by atoms with van der Waals surface area (Å²) in [7, 11) is 0. The van der Waals surface area contributed by atoms with Crippen molar-refractivity contribution in [2.24, 2.45) is 5.92 Å². The molecule has 1 saturated heterocycles. The molecular weight excluding hydrogens is 291 g/mol. The highest BCUT2D eigenvalue weighted by atomic mass is 35.5. The summed E-state index contributed by atoms with van der Waals surface area (Å²) in [5.41, 5.74) is 0. The normalized spacial score (nSPS) is 27.4. The van der Waals surface area contributed by atoms with E-state index in [0.29, 0.717) is 21.9 Å². The van der Waals surface area contributed by atoms with Gasteiger partial charge in [0.25, 0.3) is 5.91 Å². The molecule has 0 saturated carbocycles. The maximum Gasteiger partial charge on any atom is 0.263 e. The third-order valence-electron chi connectivity index (χ3n) is 3.34. The Labute approximate surface area is 123 Å². The number of rotatable bonds is 2. The van der Waals surface area contributed by atoms with Gasteiger partial charge in [0.2, 0.25) is 0 Å². The van der Waals surface area contributed by atoms with Crippen molar-refractivity contribution in [2.45, 2.75) is 32.4 Å². The van der Waals surface area contributed by atoms with E-state index in [0.717, 1.165) is 13.0 Å². The highest BCUT2D eigenvalue weighted by Gasteiger charge is 2.29. The summed E-state index contributed by atoms with van der Waals surface area (Å²) in [6.45, 7) is 5.31. The smallest absolute Gasteiger partial charge is 0.263 e. The maximum absolute atomic E-state index is 12.1. The van der Waals surface area contributed by atoms with Gasteiger partial charge < -0.3 is 10.6 Å². The molecule has 1 fully saturated rings. The number of nitrogens with one attached hydrogen (secondary N) is 2. The minimum absolute atomic E-state index is 0. The van der Waals surface area contributed by atoms with Gasteiger partial charge in [-0.25, -0.2) is 0 Å². The fourth-order valence-corrected chi connectivity index (χ4v) is 3.32. The Bertz CT molecular complexity index is 401. The minimum atomic E-state index is -0.0580. The Hall–Kier alpha value is -0.290. The average molecular weight is 309 g/mol. The molecule has 3 atom stereocenters. The summed E-state index contributed by atoms with van der Waals surface area (Å²) in [6.07, 6.45) is 1.09. The van der Waals surface area contributed by atoms with E-state index in [1.807, 2.05) is 5.38 Å². The van der Waals surface area contributed by atoms with Gasteiger partial charge in [0.15, 0.2) is 0 Å².